The quantitative estimate of drug-likeness (QED) is 0.297. The van der Waals surface area contributed by atoms with Gasteiger partial charge in [-0.1, -0.05) is 36.0 Å². The van der Waals surface area contributed by atoms with Crippen LogP contribution in [0.1, 0.15) is 18.4 Å². The summed E-state index contributed by atoms with van der Waals surface area (Å²) < 4.78 is 21.9. The zero-order valence-corrected chi connectivity index (χ0v) is 19.6. The first-order valence-corrected chi connectivity index (χ1v) is 12.3. The lowest BCUT2D eigenvalue weighted by molar-refractivity contribution is 0.0675. The Morgan fingerprint density at radius 3 is 2.57 bits per heavy atom. The molecule has 5 aromatic rings. The molecule has 6 rings (SSSR count). The van der Waals surface area contributed by atoms with E-state index < -0.39 is 5.41 Å². The topological polar surface area (TPSA) is 63.2 Å². The second-order valence-corrected chi connectivity index (χ2v) is 9.83. The molecular formula is C28H21FN4OS. The third-order valence-corrected chi connectivity index (χ3v) is 7.62. The fourth-order valence-corrected chi connectivity index (χ4v) is 5.66. The lowest BCUT2D eigenvalue weighted by atomic mass is 9.75. The number of nitriles is 1. The molecule has 0 aliphatic carbocycles. The highest BCUT2D eigenvalue weighted by Gasteiger charge is 2.34. The van der Waals surface area contributed by atoms with E-state index >= 15 is 0 Å². The summed E-state index contributed by atoms with van der Waals surface area (Å²) in [5.74, 6) is 0.153. The van der Waals surface area contributed by atoms with Crippen LogP contribution in [0.2, 0.25) is 0 Å². The largest absolute Gasteiger partial charge is 0.381 e. The summed E-state index contributed by atoms with van der Waals surface area (Å²) in [4.78, 5) is 2.16. The number of aromatic nitrogens is 3. The number of halogens is 1. The molecule has 35 heavy (non-hydrogen) atoms. The fraction of sp³-hybridized carbons (Fsp3) is 0.179. The smallest absolute Gasteiger partial charge is 0.171 e. The van der Waals surface area contributed by atoms with E-state index in [-0.39, 0.29) is 5.82 Å². The van der Waals surface area contributed by atoms with E-state index in [0.717, 1.165) is 26.3 Å². The van der Waals surface area contributed by atoms with Crippen molar-refractivity contribution >= 4 is 28.3 Å². The van der Waals surface area contributed by atoms with E-state index in [4.69, 9.17) is 4.74 Å². The van der Waals surface area contributed by atoms with Crippen molar-refractivity contribution in [3.8, 4) is 17.5 Å². The van der Waals surface area contributed by atoms with E-state index in [1.54, 1.807) is 30.0 Å². The SMILES string of the molecule is N#CC1(c2cccc(Sc3ccc4c(ccc5nnc(-c6ccccc6F)n54)c3)c2)CCOCC1. The lowest BCUT2D eigenvalue weighted by Crippen LogP contribution is -2.32. The molecule has 1 saturated heterocycles. The molecule has 1 aliphatic heterocycles. The van der Waals surface area contributed by atoms with Gasteiger partial charge in [-0.05, 0) is 78.4 Å². The van der Waals surface area contributed by atoms with Crippen LogP contribution in [0.3, 0.4) is 0 Å². The summed E-state index contributed by atoms with van der Waals surface area (Å²) in [7, 11) is 0. The van der Waals surface area contributed by atoms with Gasteiger partial charge in [-0.25, -0.2) is 4.39 Å². The molecule has 0 atom stereocenters. The fourth-order valence-electron chi connectivity index (χ4n) is 4.73. The molecule has 5 nitrogen and oxygen atoms in total. The molecule has 0 bridgehead atoms. The molecule has 3 aromatic carbocycles. The third-order valence-electron chi connectivity index (χ3n) is 6.64. The van der Waals surface area contributed by atoms with Crippen LogP contribution in [-0.2, 0) is 10.2 Å². The van der Waals surface area contributed by atoms with E-state index in [0.29, 0.717) is 43.1 Å². The number of fused-ring (bicyclic) bond motifs is 3. The summed E-state index contributed by atoms with van der Waals surface area (Å²) in [6, 6.07) is 27.5. The molecule has 0 radical (unpaired) electrons. The minimum Gasteiger partial charge on any atom is -0.381 e. The lowest BCUT2D eigenvalue weighted by Gasteiger charge is -2.31. The average molecular weight is 481 g/mol. The third kappa shape index (κ3) is 3.85. The van der Waals surface area contributed by atoms with Crippen molar-refractivity contribution in [2.75, 3.05) is 13.2 Å². The van der Waals surface area contributed by atoms with E-state index in [1.165, 1.54) is 6.07 Å². The summed E-state index contributed by atoms with van der Waals surface area (Å²) in [5.41, 5.74) is 2.56. The van der Waals surface area contributed by atoms with Gasteiger partial charge in [0, 0.05) is 23.0 Å². The maximum Gasteiger partial charge on any atom is 0.171 e. The predicted molar refractivity (Wildman–Crippen MR) is 134 cm³/mol. The standard InChI is InChI=1S/C28H21FN4OS/c29-24-7-2-1-6-23(24)27-32-31-26-11-8-19-16-22(9-10-25(19)33(26)27)35-21-5-3-4-20(17-21)28(18-30)12-14-34-15-13-28/h1-11,16-17H,12-15H2. The number of rotatable bonds is 4. The molecular weight excluding hydrogens is 459 g/mol. The number of hydrogen-bond donors (Lipinski definition) is 0. The van der Waals surface area contributed by atoms with Gasteiger partial charge in [-0.15, -0.1) is 10.2 Å². The molecule has 172 valence electrons. The van der Waals surface area contributed by atoms with Gasteiger partial charge in [0.25, 0.3) is 0 Å². The van der Waals surface area contributed by atoms with Crippen LogP contribution in [0.25, 0.3) is 27.9 Å². The van der Waals surface area contributed by atoms with Gasteiger partial charge in [0.2, 0.25) is 0 Å². The number of benzene rings is 3. The van der Waals surface area contributed by atoms with Crippen molar-refractivity contribution in [1.82, 2.24) is 14.6 Å². The first-order chi connectivity index (χ1) is 17.2. The minimum absolute atomic E-state index is 0.328. The van der Waals surface area contributed by atoms with Gasteiger partial charge < -0.3 is 4.74 Å². The second-order valence-electron chi connectivity index (χ2n) is 8.69. The van der Waals surface area contributed by atoms with Crippen molar-refractivity contribution in [2.45, 2.75) is 28.0 Å². The molecule has 0 spiro atoms. The van der Waals surface area contributed by atoms with Crippen molar-refractivity contribution in [1.29, 1.82) is 5.26 Å². The Hall–Kier alpha value is -3.73. The zero-order chi connectivity index (χ0) is 23.8. The van der Waals surface area contributed by atoms with Crippen molar-refractivity contribution < 1.29 is 9.13 Å². The molecule has 2 aromatic heterocycles. The number of ether oxygens (including phenoxy) is 1. The van der Waals surface area contributed by atoms with Crippen LogP contribution in [0.15, 0.2) is 88.7 Å². The van der Waals surface area contributed by atoms with Crippen LogP contribution >= 0.6 is 11.8 Å². The second kappa shape index (κ2) is 8.81. The highest BCUT2D eigenvalue weighted by atomic mass is 32.2. The Balaban J connectivity index is 1.37. The van der Waals surface area contributed by atoms with Gasteiger partial charge in [0.15, 0.2) is 11.5 Å². The zero-order valence-electron chi connectivity index (χ0n) is 18.8. The first-order valence-electron chi connectivity index (χ1n) is 11.5. The summed E-state index contributed by atoms with van der Waals surface area (Å²) in [5, 5.41) is 19.5. The van der Waals surface area contributed by atoms with E-state index in [9.17, 15) is 9.65 Å². The van der Waals surface area contributed by atoms with Gasteiger partial charge >= 0.3 is 0 Å². The average Bonchev–Trinajstić information content (AvgIpc) is 3.34. The van der Waals surface area contributed by atoms with Gasteiger partial charge in [0.05, 0.1) is 22.6 Å². The Bertz CT molecular complexity index is 1600. The molecule has 0 amide bonds. The Morgan fingerprint density at radius 1 is 0.914 bits per heavy atom. The van der Waals surface area contributed by atoms with Crippen molar-refractivity contribution in [3.05, 3.63) is 90.2 Å². The van der Waals surface area contributed by atoms with Crippen molar-refractivity contribution in [2.24, 2.45) is 0 Å². The maximum absolute atomic E-state index is 14.5. The Morgan fingerprint density at radius 2 is 1.74 bits per heavy atom. The minimum atomic E-state index is -0.485. The molecule has 0 saturated carbocycles. The summed E-state index contributed by atoms with van der Waals surface area (Å²) in [6.07, 6.45) is 1.43. The van der Waals surface area contributed by atoms with Crippen LogP contribution in [-0.4, -0.2) is 27.8 Å². The predicted octanol–water partition coefficient (Wildman–Crippen LogP) is 6.41. The number of hydrogen-bond acceptors (Lipinski definition) is 5. The Kier molecular flexibility index (Phi) is 5.48. The molecule has 3 heterocycles. The number of nitrogens with zero attached hydrogens (tertiary/aromatic N) is 4. The van der Waals surface area contributed by atoms with Crippen LogP contribution in [0.5, 0.6) is 0 Å². The van der Waals surface area contributed by atoms with Crippen LogP contribution in [0, 0.1) is 17.1 Å². The molecule has 7 heteroatoms. The molecule has 1 aliphatic rings. The molecule has 1 fully saturated rings. The maximum atomic E-state index is 14.5. The van der Waals surface area contributed by atoms with Gasteiger partial charge in [-0.3, -0.25) is 4.40 Å². The van der Waals surface area contributed by atoms with E-state index in [1.807, 2.05) is 34.7 Å². The normalized spacial score (nSPS) is 15.3. The first kappa shape index (κ1) is 21.8. The van der Waals surface area contributed by atoms with Gasteiger partial charge in [0.1, 0.15) is 5.82 Å². The van der Waals surface area contributed by atoms with E-state index in [2.05, 4.69) is 40.5 Å². The Labute approximate surface area is 206 Å². The highest BCUT2D eigenvalue weighted by Crippen LogP contribution is 2.38. The number of pyridine rings is 1. The van der Waals surface area contributed by atoms with Gasteiger partial charge in [-0.2, -0.15) is 5.26 Å². The molecule has 0 unspecified atom stereocenters. The van der Waals surface area contributed by atoms with Crippen molar-refractivity contribution in [3.63, 3.8) is 0 Å². The summed E-state index contributed by atoms with van der Waals surface area (Å²) >= 11 is 1.66. The van der Waals surface area contributed by atoms with Crippen LogP contribution in [0.4, 0.5) is 4.39 Å². The van der Waals surface area contributed by atoms with Crippen LogP contribution < -0.4 is 0 Å². The molecule has 0 N–H and O–H groups in total. The highest BCUT2D eigenvalue weighted by molar-refractivity contribution is 7.99. The summed E-state index contributed by atoms with van der Waals surface area (Å²) in [6.45, 7) is 1.23. The monoisotopic (exact) mass is 480 g/mol.